The van der Waals surface area contributed by atoms with E-state index in [0.29, 0.717) is 23.3 Å². The van der Waals surface area contributed by atoms with E-state index in [1.54, 1.807) is 0 Å². The number of para-hydroxylation sites is 1. The minimum absolute atomic E-state index is 0.00468. The topological polar surface area (TPSA) is 82.9 Å². The number of hydrogen-bond acceptors (Lipinski definition) is 6. The van der Waals surface area contributed by atoms with E-state index in [4.69, 9.17) is 0 Å². The van der Waals surface area contributed by atoms with Crippen LogP contribution in [0.2, 0.25) is 0 Å². The van der Waals surface area contributed by atoms with E-state index in [1.165, 1.54) is 6.42 Å². The summed E-state index contributed by atoms with van der Waals surface area (Å²) in [6, 6.07) is 21.8. The Kier molecular flexibility index (Phi) is 11.4. The SMILES string of the molecule is CC(C)(C)c1ccc(Nc2ccccc2)c(N=O)c1.CC(C)CCC(C)Nc1ccc(C(C)(C)C)cc1N=O. The summed E-state index contributed by atoms with van der Waals surface area (Å²) in [6.45, 7) is 19.3. The maximum absolute atomic E-state index is 11.1. The molecule has 0 bridgehead atoms. The molecule has 2 N–H and O–H groups in total. The number of rotatable bonds is 9. The first-order valence-electron chi connectivity index (χ1n) is 13.8. The molecule has 0 saturated heterocycles. The van der Waals surface area contributed by atoms with Crippen LogP contribution in [-0.2, 0) is 10.8 Å². The van der Waals surface area contributed by atoms with Gasteiger partial charge >= 0.3 is 0 Å². The Morgan fingerprint density at radius 1 is 0.667 bits per heavy atom. The van der Waals surface area contributed by atoms with Crippen molar-refractivity contribution in [2.24, 2.45) is 16.3 Å². The van der Waals surface area contributed by atoms with Crippen molar-refractivity contribution in [2.45, 2.75) is 92.0 Å². The molecule has 0 aliphatic heterocycles. The highest BCUT2D eigenvalue weighted by atomic mass is 16.3. The molecule has 39 heavy (non-hydrogen) atoms. The lowest BCUT2D eigenvalue weighted by Gasteiger charge is -2.21. The molecule has 1 unspecified atom stereocenters. The molecule has 0 aromatic heterocycles. The van der Waals surface area contributed by atoms with Crippen LogP contribution in [0.15, 0.2) is 77.1 Å². The van der Waals surface area contributed by atoms with E-state index < -0.39 is 0 Å². The van der Waals surface area contributed by atoms with Crippen LogP contribution in [0.25, 0.3) is 0 Å². The van der Waals surface area contributed by atoms with Crippen LogP contribution < -0.4 is 10.6 Å². The highest BCUT2D eigenvalue weighted by Gasteiger charge is 2.17. The lowest BCUT2D eigenvalue weighted by molar-refractivity contribution is 0.527. The van der Waals surface area contributed by atoms with Gasteiger partial charge in [0.05, 0.1) is 11.4 Å². The second-order valence-electron chi connectivity index (χ2n) is 12.7. The predicted octanol–water partition coefficient (Wildman–Crippen LogP) is 10.7. The molecule has 0 aliphatic rings. The van der Waals surface area contributed by atoms with Gasteiger partial charge in [-0.2, -0.15) is 0 Å². The minimum Gasteiger partial charge on any atom is -0.381 e. The van der Waals surface area contributed by atoms with Gasteiger partial charge in [0.15, 0.2) is 0 Å². The second kappa shape index (κ2) is 14.0. The third-order valence-electron chi connectivity index (χ3n) is 6.56. The molecule has 3 aromatic carbocycles. The average molecular weight is 531 g/mol. The first kappa shape index (κ1) is 31.7. The summed E-state index contributed by atoms with van der Waals surface area (Å²) in [7, 11) is 0. The Labute approximate surface area is 235 Å². The summed E-state index contributed by atoms with van der Waals surface area (Å²) >= 11 is 0. The smallest absolute Gasteiger partial charge is 0.131 e. The molecule has 0 amide bonds. The van der Waals surface area contributed by atoms with Crippen molar-refractivity contribution in [3.05, 3.63) is 87.7 Å². The number of nitroso groups, excluding NO2 is 2. The minimum atomic E-state index is 0.00468. The van der Waals surface area contributed by atoms with Gasteiger partial charge in [-0.1, -0.05) is 85.7 Å². The fourth-order valence-corrected chi connectivity index (χ4v) is 3.97. The standard InChI is InChI=1S/C17H28N2O.C16H18N2O/c1-12(2)7-8-13(3)18-15-10-9-14(17(4,5)6)11-16(15)19-20;1-16(2,3)12-9-10-14(15(11-12)18-19)17-13-7-5-4-6-8-13/h9-13,18H,7-8H2,1-6H3;4-11,17H,1-3H3. The maximum atomic E-state index is 11.1. The Morgan fingerprint density at radius 2 is 1.15 bits per heavy atom. The first-order chi connectivity index (χ1) is 18.2. The van der Waals surface area contributed by atoms with E-state index in [9.17, 15) is 9.81 Å². The molecule has 3 rings (SSSR count). The number of benzene rings is 3. The van der Waals surface area contributed by atoms with Crippen molar-refractivity contribution in [2.75, 3.05) is 10.6 Å². The van der Waals surface area contributed by atoms with Crippen LogP contribution in [0.3, 0.4) is 0 Å². The number of nitrogens with one attached hydrogen (secondary N) is 2. The number of nitrogens with zero attached hydrogens (tertiary/aromatic N) is 2. The van der Waals surface area contributed by atoms with Crippen LogP contribution in [0, 0.1) is 15.7 Å². The highest BCUT2D eigenvalue weighted by Crippen LogP contribution is 2.34. The Balaban J connectivity index is 0.000000274. The zero-order valence-electron chi connectivity index (χ0n) is 25.1. The van der Waals surface area contributed by atoms with Crippen molar-refractivity contribution in [3.63, 3.8) is 0 Å². The summed E-state index contributed by atoms with van der Waals surface area (Å²) in [5, 5.41) is 12.9. The van der Waals surface area contributed by atoms with Crippen LogP contribution in [-0.4, -0.2) is 6.04 Å². The molecule has 0 fully saturated rings. The molecule has 0 spiro atoms. The van der Waals surface area contributed by atoms with E-state index in [0.717, 1.165) is 34.6 Å². The van der Waals surface area contributed by atoms with Gasteiger partial charge in [0, 0.05) is 11.7 Å². The third-order valence-corrected chi connectivity index (χ3v) is 6.56. The van der Waals surface area contributed by atoms with E-state index in [-0.39, 0.29) is 10.8 Å². The second-order valence-corrected chi connectivity index (χ2v) is 12.7. The van der Waals surface area contributed by atoms with Gasteiger partial charge in [-0.3, -0.25) is 0 Å². The van der Waals surface area contributed by atoms with E-state index >= 15 is 0 Å². The lowest BCUT2D eigenvalue weighted by Crippen LogP contribution is -2.16. The molecular weight excluding hydrogens is 484 g/mol. The van der Waals surface area contributed by atoms with Crippen molar-refractivity contribution in [1.29, 1.82) is 0 Å². The Morgan fingerprint density at radius 3 is 1.62 bits per heavy atom. The van der Waals surface area contributed by atoms with Gasteiger partial charge < -0.3 is 10.6 Å². The molecule has 0 radical (unpaired) electrons. The number of hydrogen-bond donors (Lipinski definition) is 2. The molecule has 210 valence electrons. The van der Waals surface area contributed by atoms with Crippen LogP contribution in [0.4, 0.5) is 28.4 Å². The highest BCUT2D eigenvalue weighted by molar-refractivity contribution is 5.73. The van der Waals surface area contributed by atoms with Crippen LogP contribution in [0.1, 0.15) is 86.3 Å². The third kappa shape index (κ3) is 10.3. The Bertz CT molecular complexity index is 1210. The molecule has 1 atom stereocenters. The van der Waals surface area contributed by atoms with Gasteiger partial charge in [-0.15, -0.1) is 9.81 Å². The van der Waals surface area contributed by atoms with Gasteiger partial charge in [0.1, 0.15) is 11.4 Å². The van der Waals surface area contributed by atoms with Crippen molar-refractivity contribution < 1.29 is 0 Å². The summed E-state index contributed by atoms with van der Waals surface area (Å²) in [5.41, 5.74) is 5.72. The molecule has 6 nitrogen and oxygen atoms in total. The Hall–Kier alpha value is -3.54. The first-order valence-corrected chi connectivity index (χ1v) is 13.8. The maximum Gasteiger partial charge on any atom is 0.131 e. The summed E-state index contributed by atoms with van der Waals surface area (Å²) < 4.78 is 0. The number of anilines is 3. The summed E-state index contributed by atoms with van der Waals surface area (Å²) in [6.07, 6.45) is 2.27. The quantitative estimate of drug-likeness (QED) is 0.269. The van der Waals surface area contributed by atoms with E-state index in [2.05, 4.69) is 89.4 Å². The average Bonchev–Trinajstić information content (AvgIpc) is 2.87. The molecule has 3 aromatic rings. The van der Waals surface area contributed by atoms with Gasteiger partial charge in [-0.25, -0.2) is 0 Å². The van der Waals surface area contributed by atoms with Crippen molar-refractivity contribution in [3.8, 4) is 0 Å². The molecule has 0 aliphatic carbocycles. The van der Waals surface area contributed by atoms with Gasteiger partial charge in [0.2, 0.25) is 0 Å². The molecule has 0 saturated carbocycles. The zero-order valence-corrected chi connectivity index (χ0v) is 25.1. The summed E-state index contributed by atoms with van der Waals surface area (Å²) in [5.74, 6) is 0.700. The largest absolute Gasteiger partial charge is 0.381 e. The van der Waals surface area contributed by atoms with Gasteiger partial charge in [0.25, 0.3) is 0 Å². The monoisotopic (exact) mass is 530 g/mol. The van der Waals surface area contributed by atoms with E-state index in [1.807, 2.05) is 60.7 Å². The fraction of sp³-hybridized carbons (Fsp3) is 0.455. The lowest BCUT2D eigenvalue weighted by atomic mass is 9.86. The van der Waals surface area contributed by atoms with Crippen LogP contribution in [0.5, 0.6) is 0 Å². The zero-order chi connectivity index (χ0) is 29.2. The predicted molar refractivity (Wildman–Crippen MR) is 168 cm³/mol. The van der Waals surface area contributed by atoms with Gasteiger partial charge in [-0.05, 0) is 94.4 Å². The molecule has 6 heteroatoms. The van der Waals surface area contributed by atoms with Crippen LogP contribution >= 0.6 is 0 Å². The molecule has 0 heterocycles. The fourth-order valence-electron chi connectivity index (χ4n) is 3.97. The van der Waals surface area contributed by atoms with Crippen molar-refractivity contribution in [1.82, 2.24) is 0 Å². The normalized spacial score (nSPS) is 12.3. The molecular formula is C33H46N4O2. The summed E-state index contributed by atoms with van der Waals surface area (Å²) in [4.78, 5) is 22.1. The van der Waals surface area contributed by atoms with Crippen molar-refractivity contribution >= 4 is 28.4 Å².